The predicted octanol–water partition coefficient (Wildman–Crippen LogP) is 1.76. The summed E-state index contributed by atoms with van der Waals surface area (Å²) in [6.07, 6.45) is 0. The molecule has 27 heavy (non-hydrogen) atoms. The Morgan fingerprint density at radius 2 is 1.93 bits per heavy atom. The molecule has 3 rings (SSSR count). The zero-order chi connectivity index (χ0) is 19.6. The Morgan fingerprint density at radius 3 is 2.67 bits per heavy atom. The number of urea groups is 1. The predicted molar refractivity (Wildman–Crippen MR) is 101 cm³/mol. The Morgan fingerprint density at radius 1 is 1.22 bits per heavy atom. The molecule has 2 atom stereocenters. The van der Waals surface area contributed by atoms with Crippen molar-refractivity contribution in [3.05, 3.63) is 48.0 Å². The molecule has 2 aromatic rings. The average molecular weight is 369 g/mol. The van der Waals surface area contributed by atoms with Gasteiger partial charge in [-0.1, -0.05) is 42.5 Å². The van der Waals surface area contributed by atoms with E-state index in [1.54, 1.807) is 13.8 Å². The summed E-state index contributed by atoms with van der Waals surface area (Å²) in [5.74, 6) is -0.858. The van der Waals surface area contributed by atoms with E-state index in [4.69, 9.17) is 4.74 Å². The fraction of sp³-hybridized carbons (Fsp3) is 0.350. The summed E-state index contributed by atoms with van der Waals surface area (Å²) in [6, 6.07) is 12.5. The van der Waals surface area contributed by atoms with Crippen LogP contribution in [0.25, 0.3) is 10.8 Å². The highest BCUT2D eigenvalue weighted by Crippen LogP contribution is 2.33. The Balaban J connectivity index is 1.85. The molecule has 142 valence electrons. The average Bonchev–Trinajstić information content (AvgIpc) is 2.85. The van der Waals surface area contributed by atoms with Crippen molar-refractivity contribution >= 4 is 28.6 Å². The first-order valence-corrected chi connectivity index (χ1v) is 8.77. The molecule has 0 bridgehead atoms. The van der Waals surface area contributed by atoms with Crippen LogP contribution in [0.3, 0.4) is 0 Å². The van der Waals surface area contributed by atoms with Gasteiger partial charge in [-0.15, -0.1) is 0 Å². The van der Waals surface area contributed by atoms with Gasteiger partial charge in [0.05, 0.1) is 6.61 Å². The van der Waals surface area contributed by atoms with E-state index in [0.717, 1.165) is 15.7 Å². The molecule has 2 N–H and O–H groups in total. The minimum absolute atomic E-state index is 0.215. The lowest BCUT2D eigenvalue weighted by molar-refractivity contribution is -0.135. The molecule has 4 amide bonds. The Kier molecular flexibility index (Phi) is 5.14. The van der Waals surface area contributed by atoms with Crippen molar-refractivity contribution in [2.24, 2.45) is 0 Å². The summed E-state index contributed by atoms with van der Waals surface area (Å²) >= 11 is 0. The maximum Gasteiger partial charge on any atom is 0.325 e. The van der Waals surface area contributed by atoms with Crippen molar-refractivity contribution < 1.29 is 19.1 Å². The second-order valence-corrected chi connectivity index (χ2v) is 6.90. The number of carbonyl (C=O) groups is 3. The van der Waals surface area contributed by atoms with E-state index in [1.165, 1.54) is 7.11 Å². The van der Waals surface area contributed by atoms with Crippen molar-refractivity contribution in [3.8, 4) is 0 Å². The van der Waals surface area contributed by atoms with Crippen LogP contribution < -0.4 is 10.6 Å². The van der Waals surface area contributed by atoms with Gasteiger partial charge in [0.1, 0.15) is 12.1 Å². The molecule has 0 radical (unpaired) electrons. The second kappa shape index (κ2) is 7.36. The largest absolute Gasteiger partial charge is 0.383 e. The lowest BCUT2D eigenvalue weighted by Crippen LogP contribution is -2.45. The molecule has 1 fully saturated rings. The Bertz CT molecular complexity index is 892. The molecule has 0 aliphatic carbocycles. The van der Waals surface area contributed by atoms with Crippen LogP contribution in [0.1, 0.15) is 19.4 Å². The highest BCUT2D eigenvalue weighted by molar-refractivity contribution is 6.10. The maximum atomic E-state index is 13.1. The van der Waals surface area contributed by atoms with Crippen LogP contribution >= 0.6 is 0 Å². The van der Waals surface area contributed by atoms with Gasteiger partial charge in [0.15, 0.2) is 0 Å². The van der Waals surface area contributed by atoms with Crippen molar-refractivity contribution in [1.82, 2.24) is 15.5 Å². The van der Waals surface area contributed by atoms with Crippen molar-refractivity contribution in [2.75, 3.05) is 20.3 Å². The number of ether oxygens (including phenoxy) is 1. The molecule has 1 aliphatic rings. The minimum Gasteiger partial charge on any atom is -0.383 e. The number of nitrogens with zero attached hydrogens (tertiary/aromatic N) is 1. The number of nitrogens with one attached hydrogen (secondary N) is 2. The maximum absolute atomic E-state index is 13.1. The molecule has 2 aromatic carbocycles. The highest BCUT2D eigenvalue weighted by Gasteiger charge is 2.50. The lowest BCUT2D eigenvalue weighted by Gasteiger charge is -2.24. The van der Waals surface area contributed by atoms with E-state index < -0.39 is 23.4 Å². The quantitative estimate of drug-likeness (QED) is 0.760. The summed E-state index contributed by atoms with van der Waals surface area (Å²) in [7, 11) is 1.54. The van der Waals surface area contributed by atoms with Gasteiger partial charge in [-0.2, -0.15) is 0 Å². The van der Waals surface area contributed by atoms with Crippen LogP contribution in [0.4, 0.5) is 4.79 Å². The number of benzene rings is 2. The van der Waals surface area contributed by atoms with Gasteiger partial charge in [-0.3, -0.25) is 14.5 Å². The fourth-order valence-corrected chi connectivity index (χ4v) is 3.44. The first-order valence-electron chi connectivity index (χ1n) is 8.77. The summed E-state index contributed by atoms with van der Waals surface area (Å²) in [5, 5.41) is 7.32. The second-order valence-electron chi connectivity index (χ2n) is 6.90. The monoisotopic (exact) mass is 369 g/mol. The van der Waals surface area contributed by atoms with Crippen LogP contribution in [-0.4, -0.2) is 49.0 Å². The molecule has 1 heterocycles. The summed E-state index contributed by atoms with van der Waals surface area (Å²) < 4.78 is 4.97. The van der Waals surface area contributed by atoms with E-state index in [0.29, 0.717) is 12.2 Å². The van der Waals surface area contributed by atoms with Crippen LogP contribution in [-0.2, 0) is 19.9 Å². The third-order valence-corrected chi connectivity index (χ3v) is 4.73. The molecule has 7 nitrogen and oxygen atoms in total. The van der Waals surface area contributed by atoms with Crippen molar-refractivity contribution in [2.45, 2.75) is 25.4 Å². The number of imide groups is 1. The number of amides is 4. The molecular formula is C20H23N3O4. The van der Waals surface area contributed by atoms with Gasteiger partial charge in [0.2, 0.25) is 5.91 Å². The smallest absolute Gasteiger partial charge is 0.325 e. The van der Waals surface area contributed by atoms with Gasteiger partial charge in [-0.25, -0.2) is 4.79 Å². The molecular weight excluding hydrogens is 346 g/mol. The van der Waals surface area contributed by atoms with Gasteiger partial charge in [0, 0.05) is 13.2 Å². The lowest BCUT2D eigenvalue weighted by atomic mass is 9.88. The molecule has 7 heteroatoms. The zero-order valence-corrected chi connectivity index (χ0v) is 15.6. The van der Waals surface area contributed by atoms with Gasteiger partial charge < -0.3 is 15.4 Å². The number of fused-ring (bicyclic) bond motifs is 1. The summed E-state index contributed by atoms with van der Waals surface area (Å²) in [6.45, 7) is 3.46. The first-order chi connectivity index (χ1) is 12.9. The fourth-order valence-electron chi connectivity index (χ4n) is 3.44. The topological polar surface area (TPSA) is 87.7 Å². The number of methoxy groups -OCH3 is 1. The van der Waals surface area contributed by atoms with E-state index >= 15 is 0 Å². The van der Waals surface area contributed by atoms with Gasteiger partial charge in [0.25, 0.3) is 5.91 Å². The van der Waals surface area contributed by atoms with Crippen molar-refractivity contribution in [1.29, 1.82) is 0 Å². The third-order valence-electron chi connectivity index (χ3n) is 4.73. The van der Waals surface area contributed by atoms with Crippen LogP contribution in [0.5, 0.6) is 0 Å². The number of hydrogen-bond acceptors (Lipinski definition) is 4. The van der Waals surface area contributed by atoms with E-state index in [2.05, 4.69) is 10.6 Å². The molecule has 0 spiro atoms. The molecule has 2 unspecified atom stereocenters. The molecule has 1 saturated heterocycles. The molecule has 1 aliphatic heterocycles. The van der Waals surface area contributed by atoms with Gasteiger partial charge >= 0.3 is 6.03 Å². The van der Waals surface area contributed by atoms with Gasteiger partial charge in [-0.05, 0) is 30.2 Å². The zero-order valence-electron chi connectivity index (χ0n) is 15.6. The van der Waals surface area contributed by atoms with Crippen LogP contribution in [0, 0.1) is 0 Å². The normalized spacial score (nSPS) is 20.6. The number of carbonyl (C=O) groups excluding carboxylic acids is 3. The van der Waals surface area contributed by atoms with E-state index in [1.807, 2.05) is 42.5 Å². The Hall–Kier alpha value is -2.93. The van der Waals surface area contributed by atoms with Crippen LogP contribution in [0.2, 0.25) is 0 Å². The SMILES string of the molecule is COCC(C)NC(=O)CN1C(=O)NC(C)(c2cccc3ccccc23)C1=O. The Labute approximate surface area is 157 Å². The number of hydrogen-bond donors (Lipinski definition) is 2. The summed E-state index contributed by atoms with van der Waals surface area (Å²) in [4.78, 5) is 38.7. The van der Waals surface area contributed by atoms with E-state index in [9.17, 15) is 14.4 Å². The van der Waals surface area contributed by atoms with Crippen LogP contribution in [0.15, 0.2) is 42.5 Å². The summed E-state index contributed by atoms with van der Waals surface area (Å²) in [5.41, 5.74) is -0.522. The highest BCUT2D eigenvalue weighted by atomic mass is 16.5. The minimum atomic E-state index is -1.23. The van der Waals surface area contributed by atoms with E-state index in [-0.39, 0.29) is 12.6 Å². The number of rotatable bonds is 6. The standard InChI is InChI=1S/C20H23N3O4/c1-13(12-27-3)21-17(24)11-23-18(25)20(2,22-19(23)26)16-10-6-8-14-7-4-5-9-15(14)16/h4-10,13H,11-12H2,1-3H3,(H,21,24)(H,22,26). The third kappa shape index (κ3) is 3.50. The molecule has 0 saturated carbocycles. The molecule has 0 aromatic heterocycles. The first kappa shape index (κ1) is 18.8. The van der Waals surface area contributed by atoms with Crippen molar-refractivity contribution in [3.63, 3.8) is 0 Å².